The summed E-state index contributed by atoms with van der Waals surface area (Å²) in [6.45, 7) is 6.29. The van der Waals surface area contributed by atoms with E-state index in [1.165, 1.54) is 24.8 Å². The highest BCUT2D eigenvalue weighted by atomic mass is 15.5. The van der Waals surface area contributed by atoms with Gasteiger partial charge in [0, 0.05) is 19.6 Å². The zero-order valence-electron chi connectivity index (χ0n) is 11.6. The lowest BCUT2D eigenvalue weighted by molar-refractivity contribution is 0.149. The van der Waals surface area contributed by atoms with Crippen LogP contribution < -0.4 is 5.43 Å². The van der Waals surface area contributed by atoms with E-state index in [4.69, 9.17) is 4.98 Å². The molecule has 19 heavy (non-hydrogen) atoms. The van der Waals surface area contributed by atoms with Crippen molar-refractivity contribution in [3.63, 3.8) is 0 Å². The van der Waals surface area contributed by atoms with Gasteiger partial charge in [-0.1, -0.05) is 18.6 Å². The molecule has 1 aromatic carbocycles. The maximum Gasteiger partial charge on any atom is 0.125 e. The molecule has 4 nitrogen and oxygen atoms in total. The van der Waals surface area contributed by atoms with Crippen LogP contribution in [-0.2, 0) is 13.1 Å². The van der Waals surface area contributed by atoms with Gasteiger partial charge in [0.05, 0.1) is 17.6 Å². The molecule has 0 unspecified atom stereocenters. The van der Waals surface area contributed by atoms with Crippen molar-refractivity contribution >= 4 is 11.0 Å². The Labute approximate surface area is 114 Å². The first-order valence-electron chi connectivity index (χ1n) is 7.31. The summed E-state index contributed by atoms with van der Waals surface area (Å²) < 4.78 is 2.30. The topological polar surface area (TPSA) is 33.1 Å². The van der Waals surface area contributed by atoms with Gasteiger partial charge < -0.3 is 4.57 Å². The number of rotatable bonds is 4. The highest BCUT2D eigenvalue weighted by molar-refractivity contribution is 5.75. The third-order valence-electron chi connectivity index (χ3n) is 3.87. The zero-order valence-corrected chi connectivity index (χ0v) is 11.6. The van der Waals surface area contributed by atoms with Crippen LogP contribution in [0.3, 0.4) is 0 Å². The number of nitrogens with one attached hydrogen (secondary N) is 1. The summed E-state index contributed by atoms with van der Waals surface area (Å²) in [5, 5.41) is 2.34. The number of imidazole rings is 1. The molecule has 1 aromatic heterocycles. The van der Waals surface area contributed by atoms with Gasteiger partial charge in [0.15, 0.2) is 0 Å². The number of aryl methyl sites for hydroxylation is 1. The number of piperidine rings is 1. The first-order valence-corrected chi connectivity index (χ1v) is 7.31. The molecule has 0 atom stereocenters. The Morgan fingerprint density at radius 3 is 2.74 bits per heavy atom. The minimum Gasteiger partial charge on any atom is -0.327 e. The second-order valence-corrected chi connectivity index (χ2v) is 5.14. The molecule has 3 rings (SSSR count). The number of hydrogen-bond donors (Lipinski definition) is 1. The van der Waals surface area contributed by atoms with Crippen molar-refractivity contribution < 1.29 is 0 Å². The van der Waals surface area contributed by atoms with Gasteiger partial charge in [0.2, 0.25) is 0 Å². The molecule has 1 saturated heterocycles. The average molecular weight is 258 g/mol. The Kier molecular flexibility index (Phi) is 3.80. The van der Waals surface area contributed by atoms with Gasteiger partial charge >= 0.3 is 0 Å². The minimum absolute atomic E-state index is 0.822. The Balaban J connectivity index is 1.76. The lowest BCUT2D eigenvalue weighted by Crippen LogP contribution is -2.41. The third kappa shape index (κ3) is 2.65. The van der Waals surface area contributed by atoms with E-state index in [0.717, 1.165) is 37.5 Å². The maximum absolute atomic E-state index is 4.74. The quantitative estimate of drug-likeness (QED) is 0.915. The smallest absolute Gasteiger partial charge is 0.125 e. The second-order valence-electron chi connectivity index (χ2n) is 5.14. The molecular formula is C15H22N4. The fraction of sp³-hybridized carbons (Fsp3) is 0.533. The van der Waals surface area contributed by atoms with Gasteiger partial charge in [0.1, 0.15) is 5.82 Å². The number of hydrogen-bond acceptors (Lipinski definition) is 3. The predicted octanol–water partition coefficient (Wildman–Crippen LogP) is 2.55. The van der Waals surface area contributed by atoms with Crippen molar-refractivity contribution in [1.82, 2.24) is 20.0 Å². The summed E-state index contributed by atoms with van der Waals surface area (Å²) in [6.07, 6.45) is 3.97. The molecule has 0 bridgehead atoms. The molecule has 2 aromatic rings. The lowest BCUT2D eigenvalue weighted by atomic mass is 10.2. The van der Waals surface area contributed by atoms with Crippen LogP contribution in [0.5, 0.6) is 0 Å². The van der Waals surface area contributed by atoms with E-state index >= 15 is 0 Å². The summed E-state index contributed by atoms with van der Waals surface area (Å²) >= 11 is 0. The first-order chi connectivity index (χ1) is 9.38. The van der Waals surface area contributed by atoms with Gasteiger partial charge in [-0.25, -0.2) is 15.4 Å². The van der Waals surface area contributed by atoms with E-state index in [-0.39, 0.29) is 0 Å². The van der Waals surface area contributed by atoms with Crippen molar-refractivity contribution in [2.24, 2.45) is 0 Å². The largest absolute Gasteiger partial charge is 0.327 e. The van der Waals surface area contributed by atoms with Crippen molar-refractivity contribution in [3.05, 3.63) is 30.1 Å². The van der Waals surface area contributed by atoms with Gasteiger partial charge in [-0.15, -0.1) is 0 Å². The van der Waals surface area contributed by atoms with Gasteiger partial charge in [-0.3, -0.25) is 0 Å². The van der Waals surface area contributed by atoms with Crippen molar-refractivity contribution in [1.29, 1.82) is 0 Å². The first kappa shape index (κ1) is 12.6. The Hall–Kier alpha value is -1.39. The molecule has 2 heterocycles. The molecule has 102 valence electrons. The van der Waals surface area contributed by atoms with Crippen LogP contribution >= 0.6 is 0 Å². The standard InChI is InChI=1S/C15H22N4/c1-2-19-14-9-5-4-8-13(14)17-15(19)12-16-18-10-6-3-7-11-18/h4-5,8-9,16H,2-3,6-7,10-12H2,1H3. The van der Waals surface area contributed by atoms with E-state index in [0.29, 0.717) is 0 Å². The molecule has 0 saturated carbocycles. The van der Waals surface area contributed by atoms with E-state index in [1.54, 1.807) is 0 Å². The molecule has 0 amide bonds. The van der Waals surface area contributed by atoms with Crippen molar-refractivity contribution in [2.75, 3.05) is 13.1 Å². The van der Waals surface area contributed by atoms with Gasteiger partial charge in [-0.05, 0) is 31.9 Å². The normalized spacial score (nSPS) is 17.1. The summed E-state index contributed by atoms with van der Waals surface area (Å²) in [6, 6.07) is 8.37. The van der Waals surface area contributed by atoms with Crippen LogP contribution in [0.2, 0.25) is 0 Å². The van der Waals surface area contributed by atoms with Crippen LogP contribution in [0.15, 0.2) is 24.3 Å². The van der Waals surface area contributed by atoms with Crippen LogP contribution in [-0.4, -0.2) is 27.6 Å². The molecule has 1 fully saturated rings. The molecule has 0 aliphatic carbocycles. The molecular weight excluding hydrogens is 236 g/mol. The SMILES string of the molecule is CCn1c(CNN2CCCCC2)nc2ccccc21. The third-order valence-corrected chi connectivity index (χ3v) is 3.87. The molecule has 0 spiro atoms. The summed E-state index contributed by atoms with van der Waals surface area (Å²) in [5.41, 5.74) is 5.86. The van der Waals surface area contributed by atoms with Crippen molar-refractivity contribution in [2.45, 2.75) is 39.3 Å². The Morgan fingerprint density at radius 2 is 1.95 bits per heavy atom. The Morgan fingerprint density at radius 1 is 1.16 bits per heavy atom. The summed E-state index contributed by atoms with van der Waals surface area (Å²) in [7, 11) is 0. The number of benzene rings is 1. The highest BCUT2D eigenvalue weighted by Crippen LogP contribution is 2.16. The molecule has 1 N–H and O–H groups in total. The van der Waals surface area contributed by atoms with Crippen LogP contribution in [0.4, 0.5) is 0 Å². The van der Waals surface area contributed by atoms with E-state index in [2.05, 4.69) is 46.2 Å². The number of para-hydroxylation sites is 2. The van der Waals surface area contributed by atoms with Gasteiger partial charge in [0.25, 0.3) is 0 Å². The maximum atomic E-state index is 4.74. The number of hydrazine groups is 1. The minimum atomic E-state index is 0.822. The Bertz CT molecular complexity index is 540. The van der Waals surface area contributed by atoms with E-state index in [9.17, 15) is 0 Å². The molecule has 1 aliphatic heterocycles. The predicted molar refractivity (Wildman–Crippen MR) is 77.7 cm³/mol. The van der Waals surface area contributed by atoms with Crippen LogP contribution in [0.1, 0.15) is 32.0 Å². The second kappa shape index (κ2) is 5.72. The van der Waals surface area contributed by atoms with E-state index < -0.39 is 0 Å². The highest BCUT2D eigenvalue weighted by Gasteiger charge is 2.12. The molecule has 0 radical (unpaired) electrons. The number of nitrogens with zero attached hydrogens (tertiary/aromatic N) is 3. The van der Waals surface area contributed by atoms with E-state index in [1.807, 2.05) is 0 Å². The number of aromatic nitrogens is 2. The fourth-order valence-corrected chi connectivity index (χ4v) is 2.85. The zero-order chi connectivity index (χ0) is 13.1. The molecule has 4 heteroatoms. The number of fused-ring (bicyclic) bond motifs is 1. The fourth-order valence-electron chi connectivity index (χ4n) is 2.85. The van der Waals surface area contributed by atoms with Crippen LogP contribution in [0, 0.1) is 0 Å². The lowest BCUT2D eigenvalue weighted by Gasteiger charge is -2.27. The summed E-state index contributed by atoms with van der Waals surface area (Å²) in [5.74, 6) is 1.13. The summed E-state index contributed by atoms with van der Waals surface area (Å²) in [4.78, 5) is 4.74. The molecule has 1 aliphatic rings. The monoisotopic (exact) mass is 258 g/mol. The average Bonchev–Trinajstić information content (AvgIpc) is 2.83. The van der Waals surface area contributed by atoms with Crippen molar-refractivity contribution in [3.8, 4) is 0 Å². The van der Waals surface area contributed by atoms with Crippen LogP contribution in [0.25, 0.3) is 11.0 Å². The van der Waals surface area contributed by atoms with Gasteiger partial charge in [-0.2, -0.15) is 0 Å².